The molecule has 0 fully saturated rings. The molecule has 0 aliphatic carbocycles. The molecule has 82 valence electrons. The second kappa shape index (κ2) is 3.89. The molecule has 0 aromatic carbocycles. The average Bonchev–Trinajstić information content (AvgIpc) is 2.70. The van der Waals surface area contributed by atoms with Crippen LogP contribution in [0, 0.1) is 0 Å². The van der Waals surface area contributed by atoms with Gasteiger partial charge in [-0.3, -0.25) is 0 Å². The van der Waals surface area contributed by atoms with Gasteiger partial charge in [-0.1, -0.05) is 0 Å². The predicted octanol–water partition coefficient (Wildman–Crippen LogP) is 0.705. The maximum absolute atomic E-state index is 10.7. The van der Waals surface area contributed by atoms with Gasteiger partial charge in [-0.25, -0.2) is 19.4 Å². The Morgan fingerprint density at radius 3 is 2.88 bits per heavy atom. The standard InChI is InChI=1S/C8H6BrN5O2/c9-5-2-11-6(10)7(13-5)14-3-4(1-12-14)8(15)16/h1-3H,(H2,10,11)(H,15,16). The number of nitrogen functional groups attached to an aromatic ring is 1. The van der Waals surface area contributed by atoms with E-state index in [1.54, 1.807) is 0 Å². The number of nitrogens with two attached hydrogens (primary N) is 1. The van der Waals surface area contributed by atoms with Crippen LogP contribution < -0.4 is 5.73 Å². The molecule has 0 atom stereocenters. The Hall–Kier alpha value is -1.96. The second-order valence-corrected chi connectivity index (χ2v) is 3.69. The lowest BCUT2D eigenvalue weighted by Gasteiger charge is -2.02. The third-order valence-electron chi connectivity index (χ3n) is 1.80. The SMILES string of the molecule is Nc1ncc(Br)nc1-n1cc(C(=O)O)cn1. The monoisotopic (exact) mass is 283 g/mol. The number of aromatic carboxylic acids is 1. The lowest BCUT2D eigenvalue weighted by atomic mass is 10.4. The molecule has 7 nitrogen and oxygen atoms in total. The number of carbonyl (C=O) groups is 1. The van der Waals surface area contributed by atoms with E-state index >= 15 is 0 Å². The molecule has 0 radical (unpaired) electrons. The van der Waals surface area contributed by atoms with Gasteiger partial charge in [-0.05, 0) is 15.9 Å². The van der Waals surface area contributed by atoms with E-state index in [2.05, 4.69) is 31.0 Å². The van der Waals surface area contributed by atoms with Gasteiger partial charge < -0.3 is 10.8 Å². The highest BCUT2D eigenvalue weighted by molar-refractivity contribution is 9.10. The summed E-state index contributed by atoms with van der Waals surface area (Å²) in [5.74, 6) is -0.613. The molecule has 0 saturated heterocycles. The fourth-order valence-corrected chi connectivity index (χ4v) is 1.36. The van der Waals surface area contributed by atoms with Crippen LogP contribution in [0.1, 0.15) is 10.4 Å². The van der Waals surface area contributed by atoms with E-state index in [1.807, 2.05) is 0 Å². The number of aromatic nitrogens is 4. The van der Waals surface area contributed by atoms with E-state index in [-0.39, 0.29) is 17.2 Å². The molecule has 2 aromatic heterocycles. The van der Waals surface area contributed by atoms with Crippen molar-refractivity contribution in [2.45, 2.75) is 0 Å². The fourth-order valence-electron chi connectivity index (χ4n) is 1.09. The number of carboxylic acids is 1. The van der Waals surface area contributed by atoms with Crippen molar-refractivity contribution in [1.82, 2.24) is 19.7 Å². The Labute approximate surface area is 98.1 Å². The summed E-state index contributed by atoms with van der Waals surface area (Å²) in [5, 5.41) is 12.6. The summed E-state index contributed by atoms with van der Waals surface area (Å²) >= 11 is 3.14. The molecule has 0 aliphatic heterocycles. The highest BCUT2D eigenvalue weighted by atomic mass is 79.9. The van der Waals surface area contributed by atoms with Gasteiger partial charge in [0.2, 0.25) is 0 Å². The highest BCUT2D eigenvalue weighted by Crippen LogP contribution is 2.14. The normalized spacial score (nSPS) is 10.3. The molecule has 0 unspecified atom stereocenters. The summed E-state index contributed by atoms with van der Waals surface area (Å²) in [6, 6.07) is 0. The van der Waals surface area contributed by atoms with Crippen LogP contribution in [0.4, 0.5) is 5.82 Å². The van der Waals surface area contributed by atoms with E-state index < -0.39 is 5.97 Å². The molecule has 16 heavy (non-hydrogen) atoms. The summed E-state index contributed by atoms with van der Waals surface area (Å²) in [6.07, 6.45) is 3.97. The van der Waals surface area contributed by atoms with Crippen LogP contribution in [0.2, 0.25) is 0 Å². The first-order chi connectivity index (χ1) is 7.58. The Kier molecular flexibility index (Phi) is 2.57. The zero-order valence-electron chi connectivity index (χ0n) is 7.83. The van der Waals surface area contributed by atoms with Gasteiger partial charge in [-0.2, -0.15) is 5.10 Å². The quantitative estimate of drug-likeness (QED) is 0.840. The Morgan fingerprint density at radius 1 is 1.50 bits per heavy atom. The first-order valence-electron chi connectivity index (χ1n) is 4.14. The lowest BCUT2D eigenvalue weighted by molar-refractivity contribution is 0.0697. The van der Waals surface area contributed by atoms with E-state index in [9.17, 15) is 4.79 Å². The van der Waals surface area contributed by atoms with Crippen LogP contribution in [0.15, 0.2) is 23.2 Å². The Bertz CT molecular complexity index is 553. The minimum absolute atomic E-state index is 0.0566. The lowest BCUT2D eigenvalue weighted by Crippen LogP contribution is -2.05. The molecule has 2 rings (SSSR count). The third-order valence-corrected chi connectivity index (χ3v) is 2.18. The maximum Gasteiger partial charge on any atom is 0.338 e. The van der Waals surface area contributed by atoms with Crippen LogP contribution in [0.3, 0.4) is 0 Å². The molecule has 2 heterocycles. The van der Waals surface area contributed by atoms with Crippen molar-refractivity contribution in [3.63, 3.8) is 0 Å². The maximum atomic E-state index is 10.7. The van der Waals surface area contributed by atoms with Crippen LogP contribution in [-0.4, -0.2) is 30.8 Å². The molecule has 0 spiro atoms. The molecule has 0 aliphatic rings. The number of carboxylic acid groups (broad SMARTS) is 1. The number of hydrogen-bond acceptors (Lipinski definition) is 5. The van der Waals surface area contributed by atoms with Crippen molar-refractivity contribution in [3.8, 4) is 5.82 Å². The molecular weight excluding hydrogens is 278 g/mol. The number of hydrogen-bond donors (Lipinski definition) is 2. The van der Waals surface area contributed by atoms with Gasteiger partial charge in [0.1, 0.15) is 4.60 Å². The zero-order valence-corrected chi connectivity index (χ0v) is 9.42. The highest BCUT2D eigenvalue weighted by Gasteiger charge is 2.11. The van der Waals surface area contributed by atoms with Gasteiger partial charge in [0.15, 0.2) is 11.6 Å². The molecule has 0 saturated carbocycles. The van der Waals surface area contributed by atoms with Crippen molar-refractivity contribution < 1.29 is 9.90 Å². The number of anilines is 1. The topological polar surface area (TPSA) is 107 Å². The van der Waals surface area contributed by atoms with Crippen LogP contribution in [0.25, 0.3) is 5.82 Å². The van der Waals surface area contributed by atoms with Gasteiger partial charge in [0.25, 0.3) is 0 Å². The number of nitrogens with zero attached hydrogens (tertiary/aromatic N) is 4. The second-order valence-electron chi connectivity index (χ2n) is 2.88. The zero-order chi connectivity index (χ0) is 11.7. The first-order valence-corrected chi connectivity index (χ1v) is 4.93. The Balaban J connectivity index is 2.50. The number of rotatable bonds is 2. The van der Waals surface area contributed by atoms with Gasteiger partial charge >= 0.3 is 5.97 Å². The Morgan fingerprint density at radius 2 is 2.25 bits per heavy atom. The average molecular weight is 284 g/mol. The van der Waals surface area contributed by atoms with E-state index in [0.717, 1.165) is 0 Å². The van der Waals surface area contributed by atoms with Crippen LogP contribution in [-0.2, 0) is 0 Å². The minimum Gasteiger partial charge on any atom is -0.478 e. The molecule has 3 N–H and O–H groups in total. The van der Waals surface area contributed by atoms with Gasteiger partial charge in [0, 0.05) is 6.20 Å². The van der Waals surface area contributed by atoms with Crippen molar-refractivity contribution >= 4 is 27.7 Å². The number of halogens is 1. The third kappa shape index (κ3) is 1.87. The fraction of sp³-hybridized carbons (Fsp3) is 0. The van der Waals surface area contributed by atoms with Gasteiger partial charge in [-0.15, -0.1) is 0 Å². The molecule has 0 bridgehead atoms. The van der Waals surface area contributed by atoms with Gasteiger partial charge in [0.05, 0.1) is 18.0 Å². The summed E-state index contributed by atoms with van der Waals surface area (Å²) in [5.41, 5.74) is 5.66. The minimum atomic E-state index is -1.06. The van der Waals surface area contributed by atoms with Crippen molar-refractivity contribution in [2.75, 3.05) is 5.73 Å². The predicted molar refractivity (Wildman–Crippen MR) is 58.2 cm³/mol. The van der Waals surface area contributed by atoms with Crippen molar-refractivity contribution in [3.05, 3.63) is 28.8 Å². The van der Waals surface area contributed by atoms with Crippen molar-refractivity contribution in [2.24, 2.45) is 0 Å². The summed E-state index contributed by atoms with van der Waals surface area (Å²) in [7, 11) is 0. The molecular formula is C8H6BrN5O2. The van der Waals surface area contributed by atoms with E-state index in [0.29, 0.717) is 4.60 Å². The largest absolute Gasteiger partial charge is 0.478 e. The molecule has 2 aromatic rings. The summed E-state index contributed by atoms with van der Waals surface area (Å²) < 4.78 is 1.75. The summed E-state index contributed by atoms with van der Waals surface area (Å²) in [6.45, 7) is 0. The summed E-state index contributed by atoms with van der Waals surface area (Å²) in [4.78, 5) is 18.6. The molecule has 0 amide bonds. The first kappa shape index (κ1) is 10.6. The van der Waals surface area contributed by atoms with Crippen LogP contribution in [0.5, 0.6) is 0 Å². The van der Waals surface area contributed by atoms with Crippen molar-refractivity contribution in [1.29, 1.82) is 0 Å². The van der Waals surface area contributed by atoms with E-state index in [1.165, 1.54) is 23.3 Å². The van der Waals surface area contributed by atoms with E-state index in [4.69, 9.17) is 10.8 Å². The van der Waals surface area contributed by atoms with Crippen LogP contribution >= 0.6 is 15.9 Å². The smallest absolute Gasteiger partial charge is 0.338 e. The molecule has 8 heteroatoms.